The molecule has 0 unspecified atom stereocenters. The van der Waals surface area contributed by atoms with Gasteiger partial charge in [0.25, 0.3) is 11.6 Å². The van der Waals surface area contributed by atoms with Gasteiger partial charge in [-0.3, -0.25) is 19.7 Å². The lowest BCUT2D eigenvalue weighted by atomic mass is 10.0. The first-order valence-electron chi connectivity index (χ1n) is 12.6. The number of nitrogens with one attached hydrogen (secondary N) is 1. The summed E-state index contributed by atoms with van der Waals surface area (Å²) in [5.41, 5.74) is -0.899. The molecule has 2 saturated heterocycles. The fourth-order valence-corrected chi connectivity index (χ4v) is 5.04. The first-order chi connectivity index (χ1) is 18.1. The summed E-state index contributed by atoms with van der Waals surface area (Å²) in [5, 5.41) is 14.4. The minimum Gasteiger partial charge on any atom is -0.368 e. The van der Waals surface area contributed by atoms with Gasteiger partial charge in [-0.15, -0.1) is 0 Å². The number of nitrogens with zero attached hydrogens (tertiary/aromatic N) is 4. The Morgan fingerprint density at radius 3 is 2.37 bits per heavy atom. The minimum atomic E-state index is -4.90. The summed E-state index contributed by atoms with van der Waals surface area (Å²) in [6, 6.07) is 9.28. The van der Waals surface area contributed by atoms with E-state index in [1.807, 2.05) is 36.1 Å². The zero-order valence-corrected chi connectivity index (χ0v) is 21.1. The summed E-state index contributed by atoms with van der Waals surface area (Å²) < 4.78 is 42.5. The van der Waals surface area contributed by atoms with Crippen LogP contribution in [0.1, 0.15) is 40.7 Å². The molecule has 2 amide bonds. The molecule has 0 spiro atoms. The number of aryl methyl sites for hydroxylation is 1. The van der Waals surface area contributed by atoms with Crippen LogP contribution in [0.15, 0.2) is 36.4 Å². The number of carbonyl (C=O) groups is 2. The summed E-state index contributed by atoms with van der Waals surface area (Å²) >= 11 is 0. The SMILES string of the molecule is Cc1ccccc1N1CCN(c2c([N+](=O)[O-])cc(C(=O)NCCCN3CCCC3=O)cc2C(F)(F)F)CC1. The van der Waals surface area contributed by atoms with Crippen LogP contribution in [0.3, 0.4) is 0 Å². The molecule has 2 fully saturated rings. The highest BCUT2D eigenvalue weighted by Crippen LogP contribution is 2.43. The predicted octanol–water partition coefficient (Wildman–Crippen LogP) is 3.99. The number of alkyl halides is 3. The van der Waals surface area contributed by atoms with E-state index >= 15 is 0 Å². The van der Waals surface area contributed by atoms with E-state index in [0.29, 0.717) is 45.1 Å². The Labute approximate surface area is 218 Å². The number of halogens is 3. The van der Waals surface area contributed by atoms with E-state index in [9.17, 15) is 32.9 Å². The largest absolute Gasteiger partial charge is 0.418 e. The molecular weight excluding hydrogens is 503 g/mol. The van der Waals surface area contributed by atoms with Crippen molar-refractivity contribution in [3.8, 4) is 0 Å². The van der Waals surface area contributed by atoms with Crippen LogP contribution < -0.4 is 15.1 Å². The number of hydrogen-bond donors (Lipinski definition) is 1. The predicted molar refractivity (Wildman–Crippen MR) is 136 cm³/mol. The van der Waals surface area contributed by atoms with Crippen molar-refractivity contribution >= 4 is 28.9 Å². The zero-order chi connectivity index (χ0) is 27.4. The molecule has 2 aliphatic rings. The van der Waals surface area contributed by atoms with Crippen LogP contribution in [0.2, 0.25) is 0 Å². The van der Waals surface area contributed by atoms with Gasteiger partial charge in [0.2, 0.25) is 5.91 Å². The molecule has 12 heteroatoms. The van der Waals surface area contributed by atoms with E-state index in [0.717, 1.165) is 23.7 Å². The van der Waals surface area contributed by atoms with Gasteiger partial charge in [0.1, 0.15) is 5.69 Å². The highest BCUT2D eigenvalue weighted by molar-refractivity contribution is 5.96. The molecule has 4 rings (SSSR count). The molecule has 2 aliphatic heterocycles. The van der Waals surface area contributed by atoms with Gasteiger partial charge in [0, 0.05) is 69.6 Å². The number of carbonyl (C=O) groups excluding carboxylic acids is 2. The Balaban J connectivity index is 1.52. The lowest BCUT2D eigenvalue weighted by Crippen LogP contribution is -2.47. The van der Waals surface area contributed by atoms with Crippen molar-refractivity contribution in [2.45, 2.75) is 32.4 Å². The summed E-state index contributed by atoms with van der Waals surface area (Å²) in [4.78, 5) is 40.5. The number of nitro groups is 1. The molecule has 2 heterocycles. The van der Waals surface area contributed by atoms with Crippen LogP contribution in [0.5, 0.6) is 0 Å². The number of benzene rings is 2. The normalized spacial score (nSPS) is 16.2. The summed E-state index contributed by atoms with van der Waals surface area (Å²) in [6.45, 7) is 4.24. The smallest absolute Gasteiger partial charge is 0.368 e. The monoisotopic (exact) mass is 533 g/mol. The van der Waals surface area contributed by atoms with Gasteiger partial charge in [-0.1, -0.05) is 18.2 Å². The van der Waals surface area contributed by atoms with Gasteiger partial charge in [0.05, 0.1) is 10.5 Å². The highest BCUT2D eigenvalue weighted by atomic mass is 19.4. The lowest BCUT2D eigenvalue weighted by molar-refractivity contribution is -0.384. The topological polar surface area (TPSA) is 99.0 Å². The van der Waals surface area contributed by atoms with Crippen molar-refractivity contribution in [2.24, 2.45) is 0 Å². The fraction of sp³-hybridized carbons (Fsp3) is 0.462. The molecule has 0 saturated carbocycles. The lowest BCUT2D eigenvalue weighted by Gasteiger charge is -2.38. The van der Waals surface area contributed by atoms with E-state index in [1.165, 1.54) is 4.90 Å². The molecule has 2 aromatic carbocycles. The molecular formula is C26H30F3N5O4. The maximum atomic E-state index is 14.2. The molecule has 0 aromatic heterocycles. The van der Waals surface area contributed by atoms with E-state index in [2.05, 4.69) is 5.32 Å². The van der Waals surface area contributed by atoms with Crippen molar-refractivity contribution < 1.29 is 27.7 Å². The van der Waals surface area contributed by atoms with Crippen LogP contribution in [0.25, 0.3) is 0 Å². The third-order valence-corrected chi connectivity index (χ3v) is 6.97. The Hall–Kier alpha value is -3.83. The summed E-state index contributed by atoms with van der Waals surface area (Å²) in [6.07, 6.45) is -3.21. The van der Waals surface area contributed by atoms with Crippen molar-refractivity contribution in [3.63, 3.8) is 0 Å². The Morgan fingerprint density at radius 1 is 1.08 bits per heavy atom. The number of piperazine rings is 1. The second kappa shape index (κ2) is 11.3. The van der Waals surface area contributed by atoms with Gasteiger partial charge < -0.3 is 20.0 Å². The van der Waals surface area contributed by atoms with Gasteiger partial charge in [-0.25, -0.2) is 0 Å². The minimum absolute atomic E-state index is 0.0390. The van der Waals surface area contributed by atoms with Crippen molar-refractivity contribution in [1.82, 2.24) is 10.2 Å². The maximum Gasteiger partial charge on any atom is 0.418 e. The van der Waals surface area contributed by atoms with Crippen molar-refractivity contribution in [1.29, 1.82) is 0 Å². The van der Waals surface area contributed by atoms with Crippen molar-refractivity contribution in [2.75, 3.05) is 55.6 Å². The highest BCUT2D eigenvalue weighted by Gasteiger charge is 2.41. The first kappa shape index (κ1) is 27.2. The summed E-state index contributed by atoms with van der Waals surface area (Å²) in [5.74, 6) is -0.792. The Bertz CT molecular complexity index is 1210. The van der Waals surface area contributed by atoms with E-state index in [-0.39, 0.29) is 25.5 Å². The maximum absolute atomic E-state index is 14.2. The average molecular weight is 534 g/mol. The number of likely N-dealkylation sites (tertiary alicyclic amines) is 1. The van der Waals surface area contributed by atoms with Crippen LogP contribution in [0.4, 0.5) is 30.2 Å². The molecule has 2 aromatic rings. The second-order valence-corrected chi connectivity index (χ2v) is 9.50. The average Bonchev–Trinajstić information content (AvgIpc) is 3.30. The number of amides is 2. The van der Waals surface area contributed by atoms with Gasteiger partial charge in [0.15, 0.2) is 0 Å². The Kier molecular flexibility index (Phi) is 8.08. The van der Waals surface area contributed by atoms with Gasteiger partial charge in [-0.05, 0) is 37.5 Å². The second-order valence-electron chi connectivity index (χ2n) is 9.50. The Morgan fingerprint density at radius 2 is 1.76 bits per heavy atom. The van der Waals surface area contributed by atoms with Gasteiger partial charge >= 0.3 is 6.18 Å². The fourth-order valence-electron chi connectivity index (χ4n) is 5.04. The molecule has 204 valence electrons. The van der Waals surface area contributed by atoms with Crippen molar-refractivity contribution in [3.05, 3.63) is 63.2 Å². The molecule has 0 bridgehead atoms. The molecule has 0 aliphatic carbocycles. The van der Waals surface area contributed by atoms with Crippen LogP contribution >= 0.6 is 0 Å². The molecule has 9 nitrogen and oxygen atoms in total. The number of para-hydroxylation sites is 1. The number of hydrogen-bond acceptors (Lipinski definition) is 6. The quantitative estimate of drug-likeness (QED) is 0.313. The van der Waals surface area contributed by atoms with E-state index < -0.39 is 39.5 Å². The number of nitro benzene ring substituents is 1. The van der Waals surface area contributed by atoms with Crippen LogP contribution in [-0.4, -0.2) is 67.5 Å². The molecule has 0 atom stereocenters. The van der Waals surface area contributed by atoms with Crippen LogP contribution in [-0.2, 0) is 11.0 Å². The third kappa shape index (κ3) is 6.00. The van der Waals surface area contributed by atoms with Gasteiger partial charge in [-0.2, -0.15) is 13.2 Å². The number of rotatable bonds is 8. The van der Waals surface area contributed by atoms with Crippen LogP contribution in [0, 0.1) is 17.0 Å². The number of anilines is 2. The summed E-state index contributed by atoms with van der Waals surface area (Å²) in [7, 11) is 0. The molecule has 1 N–H and O–H groups in total. The van der Waals surface area contributed by atoms with E-state index in [1.54, 1.807) is 4.90 Å². The zero-order valence-electron chi connectivity index (χ0n) is 21.1. The molecule has 38 heavy (non-hydrogen) atoms. The van der Waals surface area contributed by atoms with E-state index in [4.69, 9.17) is 0 Å². The standard InChI is InChI=1S/C26H30F3N5O4/c1-18-6-2-3-7-21(18)31-12-14-33(15-13-31)24-20(26(27,28)29)16-19(17-22(24)34(37)38)25(36)30-9-5-11-32-10-4-8-23(32)35/h2-3,6-7,16-17H,4-5,8-15H2,1H3,(H,30,36). The first-order valence-corrected chi connectivity index (χ1v) is 12.6. The third-order valence-electron chi connectivity index (χ3n) is 6.97. The molecule has 0 radical (unpaired) electrons.